The van der Waals surface area contributed by atoms with Gasteiger partial charge in [0.1, 0.15) is 11.5 Å². The average Bonchev–Trinajstić information content (AvgIpc) is 3.22. The third kappa shape index (κ3) is 3.09. The number of esters is 1. The van der Waals surface area contributed by atoms with Crippen LogP contribution in [0.15, 0.2) is 30.4 Å². The van der Waals surface area contributed by atoms with E-state index in [9.17, 15) is 9.59 Å². The van der Waals surface area contributed by atoms with Crippen molar-refractivity contribution in [2.24, 2.45) is 17.8 Å². The van der Waals surface area contributed by atoms with Crippen LogP contribution in [-0.2, 0) is 9.53 Å². The maximum absolute atomic E-state index is 12.3. The summed E-state index contributed by atoms with van der Waals surface area (Å²) in [6.07, 6.45) is 6.11. The molecule has 0 radical (unpaired) electrons. The molecule has 2 bridgehead atoms. The van der Waals surface area contributed by atoms with Crippen molar-refractivity contribution >= 4 is 11.8 Å². The molecule has 0 aromatic heterocycles. The zero-order chi connectivity index (χ0) is 16.4. The van der Waals surface area contributed by atoms with Crippen molar-refractivity contribution in [2.45, 2.75) is 12.8 Å². The number of hydrogen-bond donors (Lipinski definition) is 0. The van der Waals surface area contributed by atoms with Crippen LogP contribution in [0.1, 0.15) is 23.2 Å². The fourth-order valence-corrected chi connectivity index (χ4v) is 3.41. The smallest absolute Gasteiger partial charge is 0.310 e. The summed E-state index contributed by atoms with van der Waals surface area (Å²) in [5.74, 6) is 1.07. The second-order valence-electron chi connectivity index (χ2n) is 5.98. The SMILES string of the molecule is COc1ccc(OC)c(C(=O)COC(=O)C2CC3C=CC2C3)c1. The summed E-state index contributed by atoms with van der Waals surface area (Å²) in [5.41, 5.74) is 0.354. The first-order chi connectivity index (χ1) is 11.1. The molecule has 5 heteroatoms. The Balaban J connectivity index is 1.63. The number of rotatable bonds is 6. The van der Waals surface area contributed by atoms with Crippen molar-refractivity contribution in [1.29, 1.82) is 0 Å². The normalized spacial score (nSPS) is 24.5. The van der Waals surface area contributed by atoms with Gasteiger partial charge in [-0.25, -0.2) is 0 Å². The van der Waals surface area contributed by atoms with Gasteiger partial charge in [-0.05, 0) is 42.9 Å². The van der Waals surface area contributed by atoms with Crippen molar-refractivity contribution in [3.05, 3.63) is 35.9 Å². The van der Waals surface area contributed by atoms with Crippen LogP contribution in [0, 0.1) is 17.8 Å². The summed E-state index contributed by atoms with van der Waals surface area (Å²) >= 11 is 0. The minimum Gasteiger partial charge on any atom is -0.497 e. The van der Waals surface area contributed by atoms with E-state index in [1.54, 1.807) is 18.2 Å². The van der Waals surface area contributed by atoms with E-state index in [-0.39, 0.29) is 30.2 Å². The molecule has 1 aromatic rings. The van der Waals surface area contributed by atoms with Gasteiger partial charge in [0.05, 0.1) is 25.7 Å². The Hall–Kier alpha value is -2.30. The first-order valence-corrected chi connectivity index (χ1v) is 7.72. The lowest BCUT2D eigenvalue weighted by Gasteiger charge is -2.16. The summed E-state index contributed by atoms with van der Waals surface area (Å²) in [6, 6.07) is 4.97. The predicted octanol–water partition coefficient (Wildman–Crippen LogP) is 2.64. The molecular formula is C18H20O5. The van der Waals surface area contributed by atoms with E-state index < -0.39 is 0 Å². The number of benzene rings is 1. The van der Waals surface area contributed by atoms with E-state index in [0.717, 1.165) is 12.8 Å². The molecule has 0 heterocycles. The molecule has 2 aliphatic carbocycles. The molecule has 1 fully saturated rings. The van der Waals surface area contributed by atoms with Crippen LogP contribution >= 0.6 is 0 Å². The van der Waals surface area contributed by atoms with E-state index in [1.807, 2.05) is 0 Å². The Morgan fingerprint density at radius 2 is 1.96 bits per heavy atom. The molecule has 0 aliphatic heterocycles. The molecule has 23 heavy (non-hydrogen) atoms. The molecule has 5 nitrogen and oxygen atoms in total. The van der Waals surface area contributed by atoms with E-state index in [1.165, 1.54) is 14.2 Å². The molecule has 0 amide bonds. The number of Topliss-reactive ketones (excluding diaryl/α,β-unsaturated/α-hetero) is 1. The zero-order valence-electron chi connectivity index (χ0n) is 13.3. The first-order valence-electron chi connectivity index (χ1n) is 7.72. The van der Waals surface area contributed by atoms with E-state index in [0.29, 0.717) is 23.0 Å². The van der Waals surface area contributed by atoms with Crippen LogP contribution in [0.3, 0.4) is 0 Å². The van der Waals surface area contributed by atoms with Crippen molar-refractivity contribution in [3.8, 4) is 11.5 Å². The summed E-state index contributed by atoms with van der Waals surface area (Å²) in [7, 11) is 3.02. The number of ether oxygens (including phenoxy) is 3. The van der Waals surface area contributed by atoms with Crippen molar-refractivity contribution in [3.63, 3.8) is 0 Å². The molecule has 122 valence electrons. The molecule has 1 aromatic carbocycles. The lowest BCUT2D eigenvalue weighted by atomic mass is 9.94. The highest BCUT2D eigenvalue weighted by molar-refractivity contribution is 6.00. The minimum absolute atomic E-state index is 0.106. The molecule has 3 unspecified atom stereocenters. The van der Waals surface area contributed by atoms with E-state index in [4.69, 9.17) is 14.2 Å². The minimum atomic E-state index is -0.298. The Labute approximate surface area is 135 Å². The van der Waals surface area contributed by atoms with Crippen molar-refractivity contribution in [1.82, 2.24) is 0 Å². The van der Waals surface area contributed by atoms with Crippen LogP contribution < -0.4 is 9.47 Å². The molecule has 3 atom stereocenters. The van der Waals surface area contributed by atoms with Gasteiger partial charge in [0, 0.05) is 0 Å². The third-order valence-corrected chi connectivity index (χ3v) is 4.63. The Bertz CT molecular complexity index is 649. The second-order valence-corrected chi connectivity index (χ2v) is 5.98. The highest BCUT2D eigenvalue weighted by Crippen LogP contribution is 2.43. The van der Waals surface area contributed by atoms with Gasteiger partial charge in [-0.2, -0.15) is 0 Å². The second kappa shape index (κ2) is 6.44. The fraction of sp³-hybridized carbons (Fsp3) is 0.444. The van der Waals surface area contributed by atoms with Gasteiger partial charge in [-0.3, -0.25) is 9.59 Å². The van der Waals surface area contributed by atoms with E-state index >= 15 is 0 Å². The summed E-state index contributed by atoms with van der Waals surface area (Å²) in [6.45, 7) is -0.278. The van der Waals surface area contributed by atoms with Gasteiger partial charge < -0.3 is 14.2 Å². The maximum Gasteiger partial charge on any atom is 0.310 e. The number of allylic oxidation sites excluding steroid dienone is 2. The Kier molecular flexibility index (Phi) is 4.37. The van der Waals surface area contributed by atoms with Gasteiger partial charge in [0.2, 0.25) is 5.78 Å². The van der Waals surface area contributed by atoms with Gasteiger partial charge in [0.15, 0.2) is 6.61 Å². The Morgan fingerprint density at radius 3 is 2.57 bits per heavy atom. The molecule has 2 aliphatic rings. The maximum atomic E-state index is 12.3. The molecule has 1 saturated carbocycles. The Morgan fingerprint density at radius 1 is 1.13 bits per heavy atom. The average molecular weight is 316 g/mol. The highest BCUT2D eigenvalue weighted by atomic mass is 16.5. The van der Waals surface area contributed by atoms with Crippen LogP contribution in [0.5, 0.6) is 11.5 Å². The van der Waals surface area contributed by atoms with Gasteiger partial charge in [0.25, 0.3) is 0 Å². The summed E-state index contributed by atoms with van der Waals surface area (Å²) < 4.78 is 15.6. The van der Waals surface area contributed by atoms with Crippen LogP contribution in [-0.4, -0.2) is 32.6 Å². The van der Waals surface area contributed by atoms with Crippen LogP contribution in [0.25, 0.3) is 0 Å². The van der Waals surface area contributed by atoms with Gasteiger partial charge in [-0.1, -0.05) is 12.2 Å². The molecule has 0 saturated heterocycles. The zero-order valence-corrected chi connectivity index (χ0v) is 13.3. The largest absolute Gasteiger partial charge is 0.497 e. The number of carbonyl (C=O) groups excluding carboxylic acids is 2. The number of methoxy groups -OCH3 is 2. The van der Waals surface area contributed by atoms with Crippen molar-refractivity contribution < 1.29 is 23.8 Å². The molecule has 0 spiro atoms. The van der Waals surface area contributed by atoms with Crippen molar-refractivity contribution in [2.75, 3.05) is 20.8 Å². The lowest BCUT2D eigenvalue weighted by molar-refractivity contribution is -0.148. The molecule has 0 N–H and O–H groups in total. The molecular weight excluding hydrogens is 296 g/mol. The fourth-order valence-electron chi connectivity index (χ4n) is 3.41. The van der Waals surface area contributed by atoms with E-state index in [2.05, 4.69) is 12.2 Å². The van der Waals surface area contributed by atoms with Gasteiger partial charge >= 0.3 is 5.97 Å². The third-order valence-electron chi connectivity index (χ3n) is 4.63. The topological polar surface area (TPSA) is 61.8 Å². The highest BCUT2D eigenvalue weighted by Gasteiger charge is 2.40. The monoisotopic (exact) mass is 316 g/mol. The number of ketones is 1. The van der Waals surface area contributed by atoms with Gasteiger partial charge in [-0.15, -0.1) is 0 Å². The van der Waals surface area contributed by atoms with Crippen LogP contribution in [0.2, 0.25) is 0 Å². The molecule has 3 rings (SSSR count). The summed E-state index contributed by atoms with van der Waals surface area (Å²) in [4.78, 5) is 24.5. The first kappa shape index (κ1) is 15.6. The predicted molar refractivity (Wildman–Crippen MR) is 83.7 cm³/mol. The quantitative estimate of drug-likeness (QED) is 0.459. The number of carbonyl (C=O) groups is 2. The summed E-state index contributed by atoms with van der Waals surface area (Å²) in [5, 5.41) is 0. The lowest BCUT2D eigenvalue weighted by Crippen LogP contribution is -2.24. The number of hydrogen-bond acceptors (Lipinski definition) is 5. The number of fused-ring (bicyclic) bond motifs is 2. The van der Waals surface area contributed by atoms with Crippen LogP contribution in [0.4, 0.5) is 0 Å². The standard InChI is InChI=1S/C18H20O5/c1-21-13-5-6-17(22-2)15(9-13)16(19)10-23-18(20)14-8-11-3-4-12(14)7-11/h3-6,9,11-12,14H,7-8,10H2,1-2H3.